The lowest BCUT2D eigenvalue weighted by molar-refractivity contribution is -0.120. The van der Waals surface area contributed by atoms with E-state index in [1.165, 1.54) is 19.2 Å². The Kier molecular flexibility index (Phi) is 7.46. The monoisotopic (exact) mass is 520 g/mol. The van der Waals surface area contributed by atoms with Crippen molar-refractivity contribution in [3.05, 3.63) is 93.6 Å². The van der Waals surface area contributed by atoms with E-state index in [0.29, 0.717) is 22.3 Å². The SMILES string of the molecule is CN=c1nc(C(=O)NCc2ccc(F)c(C)c2)cc(C(=O)NCc2cccc(C3NC(=O)NC3=O)c2)n1N. The number of nitrogens with one attached hydrogen (secondary N) is 4. The molecule has 1 aliphatic rings. The van der Waals surface area contributed by atoms with Crippen molar-refractivity contribution in [3.8, 4) is 0 Å². The maximum atomic E-state index is 13.5. The van der Waals surface area contributed by atoms with Gasteiger partial charge in [-0.25, -0.2) is 18.8 Å². The van der Waals surface area contributed by atoms with Crippen molar-refractivity contribution in [2.75, 3.05) is 12.9 Å². The standard InChI is InChI=1S/C25H25FN8O4/c1-13-8-15(6-7-17(13)26)12-29-21(35)18-10-19(34(27)24(28-2)31-18)22(36)30-11-14-4-3-5-16(9-14)20-23(37)33-25(38)32-20/h3-10,20H,11-12,27H2,1-2H3,(H,29,35)(H,30,36)(H2,32,33,37,38). The lowest BCUT2D eigenvalue weighted by Crippen LogP contribution is -2.40. The zero-order valence-corrected chi connectivity index (χ0v) is 20.5. The summed E-state index contributed by atoms with van der Waals surface area (Å²) in [5, 5.41) is 10.1. The molecule has 4 rings (SSSR count). The largest absolute Gasteiger partial charge is 0.347 e. The highest BCUT2D eigenvalue weighted by Gasteiger charge is 2.30. The van der Waals surface area contributed by atoms with Gasteiger partial charge in [0.2, 0.25) is 5.62 Å². The molecule has 1 unspecified atom stereocenters. The first-order valence-corrected chi connectivity index (χ1v) is 11.5. The summed E-state index contributed by atoms with van der Waals surface area (Å²) in [6.07, 6.45) is 0. The minimum atomic E-state index is -0.821. The lowest BCUT2D eigenvalue weighted by atomic mass is 10.0. The number of aryl methyl sites for hydroxylation is 1. The number of carbonyl (C=O) groups excluding carboxylic acids is 4. The van der Waals surface area contributed by atoms with Gasteiger partial charge in [-0.2, -0.15) is 0 Å². The second-order valence-electron chi connectivity index (χ2n) is 8.51. The molecule has 0 radical (unpaired) electrons. The molecule has 0 spiro atoms. The van der Waals surface area contributed by atoms with Crippen molar-refractivity contribution in [2.24, 2.45) is 4.99 Å². The van der Waals surface area contributed by atoms with Crippen LogP contribution < -0.4 is 32.7 Å². The van der Waals surface area contributed by atoms with Gasteiger partial charge in [0, 0.05) is 26.2 Å². The molecule has 1 aliphatic heterocycles. The van der Waals surface area contributed by atoms with Gasteiger partial charge >= 0.3 is 6.03 Å². The number of hydrogen-bond acceptors (Lipinski definition) is 7. The number of benzene rings is 2. The first-order valence-electron chi connectivity index (χ1n) is 11.5. The van der Waals surface area contributed by atoms with Gasteiger partial charge in [-0.05, 0) is 35.2 Å². The molecule has 0 saturated carbocycles. The number of carbonyl (C=O) groups is 4. The van der Waals surface area contributed by atoms with Crippen LogP contribution in [0.4, 0.5) is 9.18 Å². The van der Waals surface area contributed by atoms with E-state index in [1.54, 1.807) is 43.3 Å². The Balaban J connectivity index is 1.48. The third-order valence-electron chi connectivity index (χ3n) is 5.82. The molecule has 0 aliphatic carbocycles. The first kappa shape index (κ1) is 26.0. The van der Waals surface area contributed by atoms with E-state index in [2.05, 4.69) is 31.2 Å². The summed E-state index contributed by atoms with van der Waals surface area (Å²) in [4.78, 5) is 57.2. The fourth-order valence-corrected chi connectivity index (χ4v) is 3.85. The zero-order valence-electron chi connectivity index (χ0n) is 20.5. The van der Waals surface area contributed by atoms with Crippen LogP contribution in [0.2, 0.25) is 0 Å². The first-order chi connectivity index (χ1) is 18.2. The minimum Gasteiger partial charge on any atom is -0.347 e. The summed E-state index contributed by atoms with van der Waals surface area (Å²) in [5.74, 6) is 4.03. The van der Waals surface area contributed by atoms with Crippen LogP contribution in [0.3, 0.4) is 0 Å². The predicted octanol–water partition coefficient (Wildman–Crippen LogP) is 0.315. The van der Waals surface area contributed by atoms with Crippen molar-refractivity contribution in [1.29, 1.82) is 0 Å². The highest BCUT2D eigenvalue weighted by molar-refractivity contribution is 6.04. The van der Waals surface area contributed by atoms with Crippen LogP contribution in [-0.2, 0) is 17.9 Å². The van der Waals surface area contributed by atoms with Gasteiger partial charge in [-0.15, -0.1) is 0 Å². The smallest absolute Gasteiger partial charge is 0.322 e. The summed E-state index contributed by atoms with van der Waals surface area (Å²) in [6, 6.07) is 11.1. The number of nitrogens with zero attached hydrogens (tertiary/aromatic N) is 3. The quantitative estimate of drug-likeness (QED) is 0.222. The van der Waals surface area contributed by atoms with E-state index >= 15 is 0 Å². The van der Waals surface area contributed by atoms with Crippen LogP contribution in [0.25, 0.3) is 0 Å². The number of nitrogen functional groups attached to an aromatic ring is 1. The van der Waals surface area contributed by atoms with E-state index in [-0.39, 0.29) is 35.9 Å². The zero-order chi connectivity index (χ0) is 27.4. The average Bonchev–Trinajstić information content (AvgIpc) is 3.25. The number of aromatic nitrogens is 2. The Morgan fingerprint density at radius 2 is 1.79 bits per heavy atom. The van der Waals surface area contributed by atoms with Gasteiger partial charge in [0.1, 0.15) is 23.2 Å². The maximum Gasteiger partial charge on any atom is 0.322 e. The maximum absolute atomic E-state index is 13.5. The second-order valence-corrected chi connectivity index (χ2v) is 8.51. The van der Waals surface area contributed by atoms with E-state index in [9.17, 15) is 23.6 Å². The van der Waals surface area contributed by atoms with Crippen LogP contribution in [0.1, 0.15) is 49.3 Å². The summed E-state index contributed by atoms with van der Waals surface area (Å²) < 4.78 is 14.5. The molecule has 5 amide bonds. The van der Waals surface area contributed by atoms with E-state index in [0.717, 1.165) is 4.68 Å². The number of nitrogens with two attached hydrogens (primary N) is 1. The van der Waals surface area contributed by atoms with Crippen LogP contribution in [-0.4, -0.2) is 40.5 Å². The summed E-state index contributed by atoms with van der Waals surface area (Å²) >= 11 is 0. The number of imide groups is 1. The van der Waals surface area contributed by atoms with Gasteiger partial charge < -0.3 is 21.8 Å². The van der Waals surface area contributed by atoms with Crippen molar-refractivity contribution >= 4 is 23.8 Å². The Morgan fingerprint density at radius 3 is 2.45 bits per heavy atom. The number of rotatable bonds is 7. The van der Waals surface area contributed by atoms with Crippen LogP contribution in [0.15, 0.2) is 53.5 Å². The number of halogens is 1. The van der Waals surface area contributed by atoms with E-state index in [1.807, 2.05) is 0 Å². The molecule has 1 saturated heterocycles. The molecule has 2 aromatic carbocycles. The topological polar surface area (TPSA) is 173 Å². The summed E-state index contributed by atoms with van der Waals surface area (Å²) in [7, 11) is 1.42. The molecule has 13 heteroatoms. The van der Waals surface area contributed by atoms with Gasteiger partial charge in [-0.1, -0.05) is 36.4 Å². The van der Waals surface area contributed by atoms with Crippen molar-refractivity contribution in [3.63, 3.8) is 0 Å². The highest BCUT2D eigenvalue weighted by atomic mass is 19.1. The Bertz CT molecular complexity index is 1520. The molecule has 196 valence electrons. The fraction of sp³-hybridized carbons (Fsp3) is 0.200. The van der Waals surface area contributed by atoms with Gasteiger partial charge in [0.15, 0.2) is 0 Å². The second kappa shape index (κ2) is 10.9. The third-order valence-corrected chi connectivity index (χ3v) is 5.82. The predicted molar refractivity (Wildman–Crippen MR) is 133 cm³/mol. The molecule has 2 heterocycles. The Labute approximate surface area is 216 Å². The lowest BCUT2D eigenvalue weighted by Gasteiger charge is -2.13. The van der Waals surface area contributed by atoms with Gasteiger partial charge in [0.25, 0.3) is 17.7 Å². The molecular weight excluding hydrogens is 495 g/mol. The molecule has 1 fully saturated rings. The minimum absolute atomic E-state index is 0.0505. The summed E-state index contributed by atoms with van der Waals surface area (Å²) in [6.45, 7) is 1.81. The molecule has 6 N–H and O–H groups in total. The van der Waals surface area contributed by atoms with Gasteiger partial charge in [0.05, 0.1) is 0 Å². The summed E-state index contributed by atoms with van der Waals surface area (Å²) in [5.41, 5.74) is 2.16. The van der Waals surface area contributed by atoms with E-state index < -0.39 is 29.8 Å². The highest BCUT2D eigenvalue weighted by Crippen LogP contribution is 2.18. The van der Waals surface area contributed by atoms with E-state index in [4.69, 9.17) is 5.84 Å². The molecule has 0 bridgehead atoms. The molecule has 38 heavy (non-hydrogen) atoms. The van der Waals surface area contributed by atoms with Crippen LogP contribution >= 0.6 is 0 Å². The van der Waals surface area contributed by atoms with Crippen LogP contribution in [0.5, 0.6) is 0 Å². The third kappa shape index (κ3) is 5.67. The van der Waals surface area contributed by atoms with Crippen molar-refractivity contribution in [2.45, 2.75) is 26.1 Å². The Hall–Kier alpha value is -5.07. The van der Waals surface area contributed by atoms with Crippen molar-refractivity contribution in [1.82, 2.24) is 30.9 Å². The molecule has 1 aromatic heterocycles. The number of amides is 5. The number of hydrogen-bond donors (Lipinski definition) is 5. The fourth-order valence-electron chi connectivity index (χ4n) is 3.85. The number of urea groups is 1. The molecule has 3 aromatic rings. The van der Waals surface area contributed by atoms with Crippen LogP contribution in [0, 0.1) is 12.7 Å². The van der Waals surface area contributed by atoms with Crippen molar-refractivity contribution < 1.29 is 23.6 Å². The molecule has 1 atom stereocenters. The normalized spacial score (nSPS) is 15.1. The average molecular weight is 521 g/mol. The molecule has 12 nitrogen and oxygen atoms in total. The molecular formula is C25H25FN8O4. The Morgan fingerprint density at radius 1 is 1.08 bits per heavy atom. The van der Waals surface area contributed by atoms with Gasteiger partial charge in [-0.3, -0.25) is 24.7 Å².